The first kappa shape index (κ1) is 45.4. The van der Waals surface area contributed by atoms with Gasteiger partial charge in [0.15, 0.2) is 0 Å². The maximum absolute atomic E-state index is 2.78. The normalized spacial score (nSPS) is 19.3. The van der Waals surface area contributed by atoms with Crippen molar-refractivity contribution in [3.8, 4) is 22.3 Å². The molecule has 0 amide bonds. The van der Waals surface area contributed by atoms with Gasteiger partial charge in [-0.3, -0.25) is 0 Å². The molecule has 12 rings (SSSR count). The molecule has 71 heavy (non-hydrogen) atoms. The predicted molar refractivity (Wildman–Crippen MR) is 306 cm³/mol. The summed E-state index contributed by atoms with van der Waals surface area (Å²) in [7, 11) is 0. The Morgan fingerprint density at radius 1 is 0.437 bits per heavy atom. The van der Waals surface area contributed by atoms with Gasteiger partial charge in [-0.2, -0.15) is 0 Å². The van der Waals surface area contributed by atoms with Gasteiger partial charge in [-0.25, -0.2) is 0 Å². The van der Waals surface area contributed by atoms with Crippen molar-refractivity contribution in [2.45, 2.75) is 123 Å². The van der Waals surface area contributed by atoms with Crippen molar-refractivity contribution in [2.75, 3.05) is 14.7 Å². The first-order chi connectivity index (χ1) is 34.1. The average Bonchev–Trinajstić information content (AvgIpc) is 3.54. The minimum absolute atomic E-state index is 0.00652. The van der Waals surface area contributed by atoms with Gasteiger partial charge in [0.2, 0.25) is 0 Å². The summed E-state index contributed by atoms with van der Waals surface area (Å²) < 4.78 is 0. The zero-order valence-electron chi connectivity index (χ0n) is 43.4. The van der Waals surface area contributed by atoms with Gasteiger partial charge in [-0.05, 0) is 154 Å². The van der Waals surface area contributed by atoms with E-state index in [0.717, 1.165) is 6.42 Å². The first-order valence-electron chi connectivity index (χ1n) is 26.4. The second-order valence-electron chi connectivity index (χ2n) is 23.7. The van der Waals surface area contributed by atoms with E-state index in [9.17, 15) is 0 Å². The highest BCUT2D eigenvalue weighted by atomic mass is 15.3. The Morgan fingerprint density at radius 2 is 1.01 bits per heavy atom. The highest BCUT2D eigenvalue weighted by Crippen LogP contribution is 2.60. The highest BCUT2D eigenvalue weighted by Gasteiger charge is 2.56. The molecule has 354 valence electrons. The number of hydrogen-bond acceptors (Lipinski definition) is 3. The minimum atomic E-state index is -0.0777. The smallest absolute Gasteiger partial charge is 0.252 e. The van der Waals surface area contributed by atoms with Crippen LogP contribution >= 0.6 is 0 Å². The van der Waals surface area contributed by atoms with Crippen molar-refractivity contribution in [2.24, 2.45) is 0 Å². The van der Waals surface area contributed by atoms with E-state index in [0.29, 0.717) is 0 Å². The zero-order chi connectivity index (χ0) is 49.0. The number of anilines is 8. The molecule has 3 nitrogen and oxygen atoms in total. The van der Waals surface area contributed by atoms with Crippen LogP contribution in [0.2, 0.25) is 0 Å². The van der Waals surface area contributed by atoms with Crippen LogP contribution in [-0.4, -0.2) is 12.3 Å². The molecule has 1 saturated carbocycles. The Labute approximate surface area is 424 Å². The summed E-state index contributed by atoms with van der Waals surface area (Å²) in [6, 6.07) is 67.9. The maximum Gasteiger partial charge on any atom is 0.252 e. The monoisotopic (exact) mass is 926 g/mol. The molecule has 2 atom stereocenters. The molecular weight excluding hydrogens is 858 g/mol. The van der Waals surface area contributed by atoms with Crippen molar-refractivity contribution >= 4 is 68.6 Å². The molecule has 0 aromatic heterocycles. The fourth-order valence-electron chi connectivity index (χ4n) is 13.2. The molecule has 3 heterocycles. The summed E-state index contributed by atoms with van der Waals surface area (Å²) in [4.78, 5) is 8.02. The molecule has 1 fully saturated rings. The highest BCUT2D eigenvalue weighted by molar-refractivity contribution is 7.00. The Bertz CT molecular complexity index is 3340. The standard InChI is InChI=1S/C67H68BN3/c1-45-40-61-63-62(41-45)70(57-37-31-50(65(5,6)7)43-53(57)47-24-16-13-17-25-47)59-42-48(46-22-14-12-15-23-46)28-35-55(59)68(63)56-36-34-52(44-60(56)69(61)51-32-29-49(30-33-51)64(2,3)4)71-58-27-19-18-26-54(58)66(8)38-20-10-11-21-39-67(66,71)9/h12-19,22-37,40-44H,10-11,20-21,38-39H2,1-9H3. The van der Waals surface area contributed by atoms with Crippen molar-refractivity contribution in [1.29, 1.82) is 0 Å². The third-order valence-corrected chi connectivity index (χ3v) is 17.3. The van der Waals surface area contributed by atoms with Crippen molar-refractivity contribution < 1.29 is 0 Å². The summed E-state index contributed by atoms with van der Waals surface area (Å²) in [6.07, 6.45) is 7.50. The van der Waals surface area contributed by atoms with Crippen molar-refractivity contribution in [3.05, 3.63) is 198 Å². The van der Waals surface area contributed by atoms with E-state index in [1.54, 1.807) is 0 Å². The van der Waals surface area contributed by atoms with Gasteiger partial charge in [0.05, 0.1) is 11.2 Å². The number of hydrogen-bond donors (Lipinski definition) is 0. The van der Waals surface area contributed by atoms with Gasteiger partial charge in [-0.1, -0.05) is 189 Å². The predicted octanol–water partition coefficient (Wildman–Crippen LogP) is 16.5. The van der Waals surface area contributed by atoms with E-state index in [2.05, 4.69) is 253 Å². The van der Waals surface area contributed by atoms with Crippen LogP contribution in [0, 0.1) is 6.92 Å². The molecule has 0 radical (unpaired) electrons. The zero-order valence-corrected chi connectivity index (χ0v) is 43.4. The molecule has 1 aliphatic carbocycles. The summed E-state index contributed by atoms with van der Waals surface area (Å²) in [5.41, 5.74) is 24.2. The van der Waals surface area contributed by atoms with Gasteiger partial charge in [-0.15, -0.1) is 0 Å². The first-order valence-corrected chi connectivity index (χ1v) is 26.4. The molecular formula is C67H68BN3. The fourth-order valence-corrected chi connectivity index (χ4v) is 13.2. The lowest BCUT2D eigenvalue weighted by Crippen LogP contribution is -2.61. The topological polar surface area (TPSA) is 9.72 Å². The SMILES string of the molecule is Cc1cc2c3c(c1)N(c1ccc(C(C)(C)C)cc1-c1ccccc1)c1cc(-c4ccccc4)ccc1B3c1ccc(N3c4ccccc4C4(C)CCCCCCC34C)cc1N2c1ccc(C(C)(C)C)cc1. The second-order valence-corrected chi connectivity index (χ2v) is 23.7. The van der Waals surface area contributed by atoms with Crippen LogP contribution in [0.15, 0.2) is 176 Å². The van der Waals surface area contributed by atoms with Crippen LogP contribution in [0.5, 0.6) is 0 Å². The molecule has 2 unspecified atom stereocenters. The van der Waals surface area contributed by atoms with Crippen LogP contribution in [0.25, 0.3) is 22.3 Å². The quantitative estimate of drug-likeness (QED) is 0.159. The molecule has 4 heteroatoms. The third kappa shape index (κ3) is 7.22. The lowest BCUT2D eigenvalue weighted by Gasteiger charge is -2.49. The third-order valence-electron chi connectivity index (χ3n) is 17.3. The largest absolute Gasteiger partial charge is 0.334 e. The molecule has 3 aliphatic heterocycles. The van der Waals surface area contributed by atoms with E-state index in [1.807, 2.05) is 0 Å². The number of aryl methyl sites for hydroxylation is 1. The molecule has 0 N–H and O–H groups in total. The number of rotatable bonds is 5. The number of nitrogens with zero attached hydrogens (tertiary/aromatic N) is 3. The van der Waals surface area contributed by atoms with Crippen LogP contribution in [0.1, 0.15) is 116 Å². The van der Waals surface area contributed by atoms with Crippen LogP contribution in [0.4, 0.5) is 45.5 Å². The minimum Gasteiger partial charge on any atom is -0.334 e. The van der Waals surface area contributed by atoms with Crippen molar-refractivity contribution in [3.63, 3.8) is 0 Å². The summed E-state index contributed by atoms with van der Waals surface area (Å²) in [6.45, 7) is 21.4. The Morgan fingerprint density at radius 3 is 1.70 bits per heavy atom. The molecule has 0 saturated heterocycles. The van der Waals surface area contributed by atoms with Gasteiger partial charge in [0, 0.05) is 50.8 Å². The molecule has 4 aliphatic rings. The molecule has 8 aromatic carbocycles. The van der Waals surface area contributed by atoms with Crippen molar-refractivity contribution in [1.82, 2.24) is 0 Å². The Balaban J connectivity index is 1.14. The van der Waals surface area contributed by atoms with E-state index in [-0.39, 0.29) is 28.5 Å². The number of fused-ring (bicyclic) bond motifs is 7. The van der Waals surface area contributed by atoms with Crippen LogP contribution < -0.4 is 31.1 Å². The van der Waals surface area contributed by atoms with Gasteiger partial charge < -0.3 is 14.7 Å². The summed E-state index contributed by atoms with van der Waals surface area (Å²) >= 11 is 0. The van der Waals surface area contributed by atoms with E-state index in [4.69, 9.17) is 0 Å². The van der Waals surface area contributed by atoms with Crippen LogP contribution in [0.3, 0.4) is 0 Å². The lowest BCUT2D eigenvalue weighted by molar-refractivity contribution is 0.218. The maximum atomic E-state index is 2.78. The van der Waals surface area contributed by atoms with E-state index in [1.165, 1.54) is 138 Å². The Kier molecular flexibility index (Phi) is 10.6. The van der Waals surface area contributed by atoms with Crippen LogP contribution in [-0.2, 0) is 16.2 Å². The lowest BCUT2D eigenvalue weighted by atomic mass is 9.33. The van der Waals surface area contributed by atoms with Gasteiger partial charge >= 0.3 is 0 Å². The molecule has 8 aromatic rings. The van der Waals surface area contributed by atoms with E-state index >= 15 is 0 Å². The molecule has 0 spiro atoms. The molecule has 0 bridgehead atoms. The van der Waals surface area contributed by atoms with Gasteiger partial charge in [0.25, 0.3) is 6.71 Å². The summed E-state index contributed by atoms with van der Waals surface area (Å²) in [5.74, 6) is 0. The Hall–Kier alpha value is -6.78. The number of para-hydroxylation sites is 1. The van der Waals surface area contributed by atoms with Gasteiger partial charge in [0.1, 0.15) is 0 Å². The second kappa shape index (κ2) is 16.7. The number of benzene rings is 8. The average molecular weight is 926 g/mol. The van der Waals surface area contributed by atoms with E-state index < -0.39 is 0 Å². The fraction of sp³-hybridized carbons (Fsp3) is 0.284. The summed E-state index contributed by atoms with van der Waals surface area (Å²) in [5, 5.41) is 0.